The van der Waals surface area contributed by atoms with Gasteiger partial charge in [-0.3, -0.25) is 0 Å². The third kappa shape index (κ3) is 5.39. The summed E-state index contributed by atoms with van der Waals surface area (Å²) in [5.74, 6) is 4.27. The second kappa shape index (κ2) is 12.7. The van der Waals surface area contributed by atoms with Gasteiger partial charge in [0.05, 0.1) is 0 Å². The molecular weight excluding hydrogens is 763 g/mol. The molecule has 0 saturated heterocycles. The Morgan fingerprint density at radius 2 is 1.15 bits per heavy atom. The van der Waals surface area contributed by atoms with E-state index in [9.17, 15) is 0 Å². The Bertz CT molecular complexity index is 2110. The Hall–Kier alpha value is -2.05. The zero-order chi connectivity index (χ0) is 35.4. The minimum atomic E-state index is -2.71. The van der Waals surface area contributed by atoms with Crippen molar-refractivity contribution in [1.29, 1.82) is 0 Å². The molecule has 0 radical (unpaired) electrons. The van der Waals surface area contributed by atoms with Crippen LogP contribution in [-0.4, -0.2) is 3.21 Å². The molecule has 4 saturated carbocycles. The van der Waals surface area contributed by atoms with Gasteiger partial charge in [-0.05, 0) is 0 Å². The Balaban J connectivity index is 0.00000200. The van der Waals surface area contributed by atoms with E-state index in [2.05, 4.69) is 141 Å². The van der Waals surface area contributed by atoms with Crippen molar-refractivity contribution in [1.82, 2.24) is 0 Å². The van der Waals surface area contributed by atoms with Crippen molar-refractivity contribution < 1.29 is 46.1 Å². The molecule has 1 unspecified atom stereocenters. The van der Waals surface area contributed by atoms with E-state index >= 15 is 0 Å². The molecule has 4 fully saturated rings. The van der Waals surface area contributed by atoms with Gasteiger partial charge in [0, 0.05) is 0 Å². The van der Waals surface area contributed by atoms with Gasteiger partial charge >= 0.3 is 317 Å². The van der Waals surface area contributed by atoms with Crippen LogP contribution in [0.2, 0.25) is 0 Å². The maximum absolute atomic E-state index is 2.87. The quantitative estimate of drug-likeness (QED) is 0.268. The molecule has 0 nitrogen and oxygen atoms in total. The van der Waals surface area contributed by atoms with Gasteiger partial charge in [0.25, 0.3) is 0 Å². The second-order valence-electron chi connectivity index (χ2n) is 19.5. The van der Waals surface area contributed by atoms with Crippen LogP contribution in [0.4, 0.5) is 0 Å². The molecule has 4 bridgehead atoms. The van der Waals surface area contributed by atoms with Crippen LogP contribution in [0, 0.1) is 35.0 Å². The number of hydrogen-bond donors (Lipinski definition) is 0. The number of rotatable bonds is 4. The van der Waals surface area contributed by atoms with Crippen LogP contribution < -0.4 is 24.8 Å². The minimum Gasteiger partial charge on any atom is -1.00 e. The SMILES string of the molecule is CC1=CC(C)(C)c2cc3c(cc21)-c1cc2c(cc1[CH]3/[Zr+2]([C]1=CC(C3(C)C4CC5CC(C4)CC3C5)=CC1C)=[C](\C)c1ccccc1)C(C)(C)C=C2C.[Cl-].[Cl-]. The molecular formula is C50H56Cl2Zr. The van der Waals surface area contributed by atoms with Gasteiger partial charge < -0.3 is 24.8 Å². The Kier molecular flexibility index (Phi) is 9.10. The van der Waals surface area contributed by atoms with Gasteiger partial charge in [0.2, 0.25) is 0 Å². The van der Waals surface area contributed by atoms with E-state index in [4.69, 9.17) is 0 Å². The van der Waals surface area contributed by atoms with E-state index in [0.29, 0.717) is 15.0 Å². The zero-order valence-electron chi connectivity index (χ0n) is 33.3. The summed E-state index contributed by atoms with van der Waals surface area (Å²) in [5, 5.41) is 0. The second-order valence-corrected chi connectivity index (χ2v) is 26.2. The minimum absolute atomic E-state index is 0. The number of fused-ring (bicyclic) bond motifs is 5. The first-order chi connectivity index (χ1) is 24.2. The molecule has 53 heavy (non-hydrogen) atoms. The molecule has 0 spiro atoms. The summed E-state index contributed by atoms with van der Waals surface area (Å²) in [6.45, 7) is 22.3. The molecule has 11 rings (SSSR count). The summed E-state index contributed by atoms with van der Waals surface area (Å²) in [6.07, 6.45) is 18.1. The molecule has 0 amide bonds. The number of allylic oxidation sites excluding steroid dienone is 8. The van der Waals surface area contributed by atoms with Gasteiger partial charge in [-0.1, -0.05) is 0 Å². The predicted octanol–water partition coefficient (Wildman–Crippen LogP) is 6.93. The fourth-order valence-corrected chi connectivity index (χ4v) is 22.2. The smallest absolute Gasteiger partial charge is 1.00 e. The van der Waals surface area contributed by atoms with Crippen LogP contribution in [0.25, 0.3) is 22.3 Å². The number of benzene rings is 3. The van der Waals surface area contributed by atoms with E-state index in [1.165, 1.54) is 82.2 Å². The van der Waals surface area contributed by atoms with E-state index in [0.717, 1.165) is 23.7 Å². The monoisotopic (exact) mass is 816 g/mol. The molecule has 3 heteroatoms. The van der Waals surface area contributed by atoms with E-state index in [-0.39, 0.29) is 35.6 Å². The molecule has 0 aliphatic heterocycles. The van der Waals surface area contributed by atoms with E-state index < -0.39 is 21.3 Å². The van der Waals surface area contributed by atoms with E-state index in [1.807, 2.05) is 3.28 Å². The fourth-order valence-electron chi connectivity index (χ4n) is 13.2. The fraction of sp³-hybridized carbons (Fsp3) is 0.460. The standard InChI is InChI=1S/C25H25.C17H23.C8H8.2ClH.Zr/c1-14-12-24(3,4)22-8-16-7-17-9-23-19(15(2)13-25(23,5)6)11-21(17)20(16)10-18(14)22;1-11-3-4-14(5-11)17(2)15-7-12-6-13(9-15)10-16(17)8-12;1-2-8-6-4-3-5-7-8;;;/h7-13H,1-6H3;4-5,11-13,15-16H,6-10H2,1-2H3;3-7H,1H3;2*1H;/q;;;;;+2/p-2. The number of hydrogen-bond acceptors (Lipinski definition) is 0. The van der Waals surface area contributed by atoms with Crippen LogP contribution in [0.5, 0.6) is 0 Å². The van der Waals surface area contributed by atoms with Gasteiger partial charge in [-0.15, -0.1) is 0 Å². The van der Waals surface area contributed by atoms with Crippen molar-refractivity contribution in [2.45, 2.75) is 109 Å². The van der Waals surface area contributed by atoms with Crippen LogP contribution in [0.15, 0.2) is 87.8 Å². The van der Waals surface area contributed by atoms with Gasteiger partial charge in [-0.2, -0.15) is 0 Å². The first kappa shape index (κ1) is 37.9. The van der Waals surface area contributed by atoms with Crippen LogP contribution >= 0.6 is 0 Å². The van der Waals surface area contributed by atoms with Gasteiger partial charge in [0.15, 0.2) is 0 Å². The van der Waals surface area contributed by atoms with Gasteiger partial charge in [0.1, 0.15) is 0 Å². The first-order valence-electron chi connectivity index (χ1n) is 20.2. The van der Waals surface area contributed by atoms with E-state index in [1.54, 1.807) is 19.9 Å². The Morgan fingerprint density at radius 1 is 0.660 bits per heavy atom. The summed E-state index contributed by atoms with van der Waals surface area (Å²) in [7, 11) is 0. The first-order valence-corrected chi connectivity index (χ1v) is 24.1. The van der Waals surface area contributed by atoms with Crippen molar-refractivity contribution in [3.63, 3.8) is 0 Å². The molecule has 3 aromatic rings. The maximum Gasteiger partial charge on any atom is -1.00 e. The predicted molar refractivity (Wildman–Crippen MR) is 214 cm³/mol. The zero-order valence-corrected chi connectivity index (χ0v) is 37.2. The van der Waals surface area contributed by atoms with Crippen molar-refractivity contribution in [2.24, 2.45) is 35.0 Å². The molecule has 0 N–H and O–H groups in total. The maximum atomic E-state index is 2.87. The van der Waals surface area contributed by atoms with Crippen molar-refractivity contribution in [3.8, 4) is 11.1 Å². The van der Waals surface area contributed by atoms with Crippen LogP contribution in [0.1, 0.15) is 137 Å². The van der Waals surface area contributed by atoms with Crippen LogP contribution in [-0.2, 0) is 32.1 Å². The average molecular weight is 819 g/mol. The van der Waals surface area contributed by atoms with Crippen molar-refractivity contribution in [2.75, 3.05) is 0 Å². The summed E-state index contributed by atoms with van der Waals surface area (Å²) < 4.78 is 4.03. The third-order valence-corrected chi connectivity index (χ3v) is 24.2. The molecule has 3 aromatic carbocycles. The van der Waals surface area contributed by atoms with Crippen molar-refractivity contribution >= 4 is 14.4 Å². The van der Waals surface area contributed by atoms with Crippen molar-refractivity contribution in [3.05, 3.63) is 127 Å². The average Bonchev–Trinajstić information content (AvgIpc) is 3.76. The Labute approximate surface area is 339 Å². The summed E-state index contributed by atoms with van der Waals surface area (Å²) >= 11 is -2.71. The summed E-state index contributed by atoms with van der Waals surface area (Å²) in [4.78, 5) is 0. The third-order valence-electron chi connectivity index (χ3n) is 15.6. The molecule has 0 aromatic heterocycles. The number of halogens is 2. The largest absolute Gasteiger partial charge is 1.00 e. The van der Waals surface area contributed by atoms with Gasteiger partial charge in [-0.25, -0.2) is 0 Å². The molecule has 8 aliphatic carbocycles. The van der Waals surface area contributed by atoms with Crippen LogP contribution in [0.3, 0.4) is 0 Å². The Morgan fingerprint density at radius 3 is 1.64 bits per heavy atom. The molecule has 274 valence electrons. The normalized spacial score (nSPS) is 30.6. The molecule has 8 aliphatic rings. The summed E-state index contributed by atoms with van der Waals surface area (Å²) in [5.41, 5.74) is 18.9. The molecule has 0 heterocycles. The summed E-state index contributed by atoms with van der Waals surface area (Å²) in [6, 6.07) is 22.3. The topological polar surface area (TPSA) is 0 Å². The molecule has 1 atom stereocenters.